The highest BCUT2D eigenvalue weighted by molar-refractivity contribution is 5.81. The van der Waals surface area contributed by atoms with Gasteiger partial charge in [0.05, 0.1) is 5.56 Å². The second-order valence-corrected chi connectivity index (χ2v) is 4.22. The number of aromatic nitrogens is 2. The molecule has 0 spiro atoms. The van der Waals surface area contributed by atoms with Crippen molar-refractivity contribution in [1.82, 2.24) is 9.97 Å². The molecule has 1 aromatic carbocycles. The first-order valence-electron chi connectivity index (χ1n) is 6.00. The van der Waals surface area contributed by atoms with Gasteiger partial charge >= 0.3 is 0 Å². The Morgan fingerprint density at radius 2 is 2.16 bits per heavy atom. The molecule has 96 valence electrons. The van der Waals surface area contributed by atoms with Crippen LogP contribution in [0.4, 0.5) is 0 Å². The van der Waals surface area contributed by atoms with Gasteiger partial charge in [0, 0.05) is 5.39 Å². The summed E-state index contributed by atoms with van der Waals surface area (Å²) in [5.74, 6) is 0.411. The molecule has 2 N–H and O–H groups in total. The van der Waals surface area contributed by atoms with Gasteiger partial charge in [-0.3, -0.25) is 4.79 Å². The van der Waals surface area contributed by atoms with Crippen molar-refractivity contribution in [3.05, 3.63) is 46.2 Å². The van der Waals surface area contributed by atoms with Crippen LogP contribution in [-0.4, -0.2) is 15.1 Å². The van der Waals surface area contributed by atoms with E-state index < -0.39 is 0 Å². The Labute approximate surface area is 108 Å². The lowest BCUT2D eigenvalue weighted by Crippen LogP contribution is -2.14. The van der Waals surface area contributed by atoms with Crippen LogP contribution >= 0.6 is 0 Å². The number of benzene rings is 1. The fourth-order valence-electron chi connectivity index (χ4n) is 2.02. The molecule has 0 atom stereocenters. The molecule has 0 saturated carbocycles. The van der Waals surface area contributed by atoms with Crippen LogP contribution < -0.4 is 5.56 Å². The van der Waals surface area contributed by atoms with Gasteiger partial charge in [0.25, 0.3) is 5.56 Å². The molecular weight excluding hydrogens is 244 g/mol. The van der Waals surface area contributed by atoms with E-state index in [1.807, 2.05) is 24.3 Å². The van der Waals surface area contributed by atoms with Gasteiger partial charge in [-0.2, -0.15) is 4.98 Å². The normalized spacial score (nSPS) is 11.0. The number of rotatable bonds is 2. The second kappa shape index (κ2) is 4.28. The Balaban J connectivity index is 2.19. The summed E-state index contributed by atoms with van der Waals surface area (Å²) in [6.07, 6.45) is 0.425. The topological polar surface area (TPSA) is 79.1 Å². The summed E-state index contributed by atoms with van der Waals surface area (Å²) in [5.41, 5.74) is 0.643. The average molecular weight is 256 g/mol. The first-order chi connectivity index (χ1) is 9.19. The van der Waals surface area contributed by atoms with E-state index in [1.54, 1.807) is 13.0 Å². The minimum absolute atomic E-state index is 0.232. The third-order valence-electron chi connectivity index (χ3n) is 3.01. The predicted molar refractivity (Wildman–Crippen MR) is 71.1 cm³/mol. The van der Waals surface area contributed by atoms with E-state index >= 15 is 0 Å². The molecule has 3 aromatic rings. The first kappa shape index (κ1) is 11.5. The zero-order valence-electron chi connectivity index (χ0n) is 10.3. The molecular formula is C14H12N2O3. The molecule has 0 unspecified atom stereocenters. The van der Waals surface area contributed by atoms with Crippen molar-refractivity contribution in [3.63, 3.8) is 0 Å². The van der Waals surface area contributed by atoms with Crippen LogP contribution in [0.3, 0.4) is 0 Å². The fraction of sp³-hybridized carbons (Fsp3) is 0.143. The summed E-state index contributed by atoms with van der Waals surface area (Å²) in [7, 11) is 0. The first-order valence-corrected chi connectivity index (χ1v) is 6.00. The van der Waals surface area contributed by atoms with E-state index in [0.29, 0.717) is 17.8 Å². The van der Waals surface area contributed by atoms with Crippen LogP contribution in [0.5, 0.6) is 5.88 Å². The molecule has 2 aromatic heterocycles. The smallest absolute Gasteiger partial charge is 0.258 e. The molecule has 0 radical (unpaired) electrons. The third-order valence-corrected chi connectivity index (χ3v) is 3.01. The highest BCUT2D eigenvalue weighted by Gasteiger charge is 2.13. The monoisotopic (exact) mass is 256 g/mol. The van der Waals surface area contributed by atoms with Gasteiger partial charge in [-0.05, 0) is 18.6 Å². The number of aromatic amines is 1. The molecule has 5 heteroatoms. The molecule has 3 rings (SSSR count). The number of para-hydroxylation sites is 1. The lowest BCUT2D eigenvalue weighted by molar-refractivity contribution is 0.443. The summed E-state index contributed by atoms with van der Waals surface area (Å²) in [4.78, 5) is 18.4. The number of hydrogen-bond acceptors (Lipinski definition) is 4. The molecule has 5 nitrogen and oxygen atoms in total. The molecule has 0 aliphatic rings. The number of hydrogen-bond donors (Lipinski definition) is 2. The van der Waals surface area contributed by atoms with Gasteiger partial charge in [-0.25, -0.2) is 0 Å². The van der Waals surface area contributed by atoms with E-state index in [2.05, 4.69) is 9.97 Å². The summed E-state index contributed by atoms with van der Waals surface area (Å²) in [6.45, 7) is 1.78. The fourth-order valence-corrected chi connectivity index (χ4v) is 2.02. The summed E-state index contributed by atoms with van der Waals surface area (Å²) >= 11 is 0. The van der Waals surface area contributed by atoms with Crippen molar-refractivity contribution in [1.29, 1.82) is 0 Å². The molecule has 2 heterocycles. The van der Waals surface area contributed by atoms with E-state index in [0.717, 1.165) is 5.39 Å². The molecule has 0 aliphatic carbocycles. The zero-order chi connectivity index (χ0) is 13.4. The maximum absolute atomic E-state index is 11.8. The quantitative estimate of drug-likeness (QED) is 0.738. The van der Waals surface area contributed by atoms with Crippen molar-refractivity contribution in [2.45, 2.75) is 13.3 Å². The van der Waals surface area contributed by atoms with Crippen LogP contribution in [0.25, 0.3) is 22.6 Å². The van der Waals surface area contributed by atoms with Crippen molar-refractivity contribution < 1.29 is 9.52 Å². The van der Waals surface area contributed by atoms with E-state index in [4.69, 9.17) is 4.42 Å². The summed E-state index contributed by atoms with van der Waals surface area (Å²) in [6, 6.07) is 9.27. The highest BCUT2D eigenvalue weighted by atomic mass is 16.3. The number of furan rings is 1. The highest BCUT2D eigenvalue weighted by Crippen LogP contribution is 2.26. The van der Waals surface area contributed by atoms with Gasteiger partial charge in [0.1, 0.15) is 5.58 Å². The van der Waals surface area contributed by atoms with Crippen LogP contribution in [0.1, 0.15) is 12.5 Å². The Hall–Kier alpha value is -2.56. The maximum atomic E-state index is 11.8. The number of nitrogens with zero attached hydrogens (tertiary/aromatic N) is 1. The lowest BCUT2D eigenvalue weighted by Gasteiger charge is -2.01. The minimum atomic E-state index is -0.342. The zero-order valence-corrected chi connectivity index (χ0v) is 10.3. The standard InChI is InChI=1S/C14H12N2O3/c1-2-9-13(17)15-12(16-14(9)18)11-7-8-5-3-4-6-10(8)19-11/h3-7H,2H2,1H3,(H2,15,16,17,18). The average Bonchev–Trinajstić information content (AvgIpc) is 2.82. The van der Waals surface area contributed by atoms with Crippen LogP contribution in [-0.2, 0) is 6.42 Å². The Morgan fingerprint density at radius 1 is 1.37 bits per heavy atom. The molecule has 0 fully saturated rings. The van der Waals surface area contributed by atoms with E-state index in [-0.39, 0.29) is 22.8 Å². The van der Waals surface area contributed by atoms with E-state index in [1.165, 1.54) is 0 Å². The van der Waals surface area contributed by atoms with Crippen molar-refractivity contribution in [2.24, 2.45) is 0 Å². The Bertz CT molecular complexity index is 769. The summed E-state index contributed by atoms with van der Waals surface area (Å²) < 4.78 is 5.59. The summed E-state index contributed by atoms with van der Waals surface area (Å²) in [5, 5.41) is 10.7. The number of fused-ring (bicyclic) bond motifs is 1. The Kier molecular flexibility index (Phi) is 2.59. The lowest BCUT2D eigenvalue weighted by atomic mass is 10.2. The minimum Gasteiger partial charge on any atom is -0.493 e. The van der Waals surface area contributed by atoms with Crippen LogP contribution in [0.15, 0.2) is 39.5 Å². The molecule has 0 amide bonds. The number of aromatic hydroxyl groups is 1. The number of nitrogens with one attached hydrogen (secondary N) is 1. The van der Waals surface area contributed by atoms with Crippen LogP contribution in [0.2, 0.25) is 0 Å². The second-order valence-electron chi connectivity index (χ2n) is 4.22. The molecule has 0 saturated heterocycles. The van der Waals surface area contributed by atoms with Gasteiger partial charge < -0.3 is 14.5 Å². The Morgan fingerprint density at radius 3 is 2.84 bits per heavy atom. The number of H-pyrrole nitrogens is 1. The largest absolute Gasteiger partial charge is 0.493 e. The van der Waals surface area contributed by atoms with Gasteiger partial charge in [0.2, 0.25) is 5.88 Å². The predicted octanol–water partition coefficient (Wildman–Crippen LogP) is 2.45. The van der Waals surface area contributed by atoms with Gasteiger partial charge in [-0.1, -0.05) is 25.1 Å². The SMILES string of the molecule is CCc1c(O)nc(-c2cc3ccccc3o2)[nH]c1=O. The van der Waals surface area contributed by atoms with Gasteiger partial charge in [-0.15, -0.1) is 0 Å². The van der Waals surface area contributed by atoms with Crippen molar-refractivity contribution in [3.8, 4) is 17.5 Å². The van der Waals surface area contributed by atoms with Crippen molar-refractivity contribution >= 4 is 11.0 Å². The van der Waals surface area contributed by atoms with Crippen molar-refractivity contribution in [2.75, 3.05) is 0 Å². The molecule has 19 heavy (non-hydrogen) atoms. The molecule has 0 bridgehead atoms. The molecule has 0 aliphatic heterocycles. The van der Waals surface area contributed by atoms with E-state index in [9.17, 15) is 9.90 Å². The third kappa shape index (κ3) is 1.89. The van der Waals surface area contributed by atoms with Gasteiger partial charge in [0.15, 0.2) is 11.6 Å². The maximum Gasteiger partial charge on any atom is 0.258 e. The van der Waals surface area contributed by atoms with Crippen LogP contribution in [0, 0.1) is 0 Å².